The van der Waals surface area contributed by atoms with Crippen LogP contribution in [0.2, 0.25) is 0 Å². The lowest BCUT2D eigenvalue weighted by atomic mass is 9.58. The van der Waals surface area contributed by atoms with E-state index in [-0.39, 0.29) is 32.8 Å². The lowest BCUT2D eigenvalue weighted by Gasteiger charge is -2.54. The summed E-state index contributed by atoms with van der Waals surface area (Å²) >= 11 is 0. The smallest absolute Gasteiger partial charge is 0.337 e. The van der Waals surface area contributed by atoms with Gasteiger partial charge in [-0.2, -0.15) is 0 Å². The second kappa shape index (κ2) is 8.30. The van der Waals surface area contributed by atoms with Crippen molar-refractivity contribution in [3.8, 4) is 0 Å². The number of hydrogen-bond donors (Lipinski definition) is 1. The molecule has 9 nitrogen and oxygen atoms in total. The van der Waals surface area contributed by atoms with Gasteiger partial charge in [0.25, 0.3) is 5.91 Å². The van der Waals surface area contributed by atoms with Crippen LogP contribution in [-0.4, -0.2) is 67.7 Å². The number of amides is 1. The van der Waals surface area contributed by atoms with Gasteiger partial charge in [0.2, 0.25) is 5.54 Å². The van der Waals surface area contributed by atoms with E-state index in [9.17, 15) is 19.2 Å². The average molecular weight is 396 g/mol. The highest BCUT2D eigenvalue weighted by Gasteiger charge is 2.71. The van der Waals surface area contributed by atoms with Gasteiger partial charge in [0, 0.05) is 18.2 Å². The standard InChI is InChI=1S/C19H28N2O7/c1-6-26-15(23)18(16(24)27-7-2)9-10-21(5)19(17(25)28-8-3)13(18)11-12(4)20-14(19)22/h11,13H,6-10H2,1-5H3,(H,20,22)/t13-,19+/m1/s1. The van der Waals surface area contributed by atoms with Gasteiger partial charge < -0.3 is 19.5 Å². The first kappa shape index (κ1) is 21.9. The molecule has 1 fully saturated rings. The molecule has 2 rings (SSSR count). The van der Waals surface area contributed by atoms with Gasteiger partial charge in [0.1, 0.15) is 0 Å². The first-order chi connectivity index (χ1) is 13.2. The summed E-state index contributed by atoms with van der Waals surface area (Å²) in [6, 6.07) is 0. The molecule has 156 valence electrons. The maximum Gasteiger partial charge on any atom is 0.337 e. The Hall–Kier alpha value is -2.42. The van der Waals surface area contributed by atoms with Crippen molar-refractivity contribution in [1.82, 2.24) is 10.2 Å². The van der Waals surface area contributed by atoms with Crippen LogP contribution in [0.5, 0.6) is 0 Å². The van der Waals surface area contributed by atoms with Crippen LogP contribution < -0.4 is 5.32 Å². The molecule has 0 radical (unpaired) electrons. The minimum atomic E-state index is -1.88. The van der Waals surface area contributed by atoms with Crippen LogP contribution in [0.25, 0.3) is 0 Å². The van der Waals surface area contributed by atoms with E-state index in [1.165, 1.54) is 4.90 Å². The highest BCUT2D eigenvalue weighted by atomic mass is 16.6. The molecule has 0 unspecified atom stereocenters. The van der Waals surface area contributed by atoms with Crippen molar-refractivity contribution in [2.45, 2.75) is 39.7 Å². The number of fused-ring (bicyclic) bond motifs is 1. The number of allylic oxidation sites excluding steroid dienone is 1. The van der Waals surface area contributed by atoms with Gasteiger partial charge in [-0.05, 0) is 41.2 Å². The Bertz CT molecular complexity index is 684. The van der Waals surface area contributed by atoms with E-state index in [4.69, 9.17) is 14.2 Å². The highest BCUT2D eigenvalue weighted by molar-refractivity contribution is 6.13. The molecule has 28 heavy (non-hydrogen) atoms. The summed E-state index contributed by atoms with van der Waals surface area (Å²) in [4.78, 5) is 53.9. The summed E-state index contributed by atoms with van der Waals surface area (Å²) in [6.07, 6.45) is 1.60. The van der Waals surface area contributed by atoms with Crippen molar-refractivity contribution in [2.24, 2.45) is 11.3 Å². The van der Waals surface area contributed by atoms with E-state index < -0.39 is 40.7 Å². The molecule has 0 spiro atoms. The molecule has 0 aromatic heterocycles. The summed E-state index contributed by atoms with van der Waals surface area (Å²) < 4.78 is 15.7. The Balaban J connectivity index is 2.78. The first-order valence-electron chi connectivity index (χ1n) is 9.46. The molecule has 2 aliphatic rings. The molecule has 0 aliphatic carbocycles. The maximum absolute atomic E-state index is 13.1. The summed E-state index contributed by atoms with van der Waals surface area (Å²) in [7, 11) is 1.60. The fraction of sp³-hybridized carbons (Fsp3) is 0.684. The van der Waals surface area contributed by atoms with Crippen LogP contribution in [0.3, 0.4) is 0 Å². The summed E-state index contributed by atoms with van der Waals surface area (Å²) in [5.41, 5.74) is -3.28. The Labute approximate surface area is 164 Å². The van der Waals surface area contributed by atoms with Gasteiger partial charge >= 0.3 is 17.9 Å². The molecule has 0 bridgehead atoms. The normalized spacial score (nSPS) is 26.4. The molecule has 9 heteroatoms. The SMILES string of the molecule is CCOC(=O)C1(C(=O)OCC)CCN(C)[C@]2(C(=O)OCC)C(=O)NC(C)=C[C@H]12. The molecule has 1 N–H and O–H groups in total. The maximum atomic E-state index is 13.1. The van der Waals surface area contributed by atoms with Crippen LogP contribution >= 0.6 is 0 Å². The largest absolute Gasteiger partial charge is 0.465 e. The van der Waals surface area contributed by atoms with E-state index in [0.717, 1.165) is 0 Å². The van der Waals surface area contributed by atoms with Crippen molar-refractivity contribution < 1.29 is 33.4 Å². The zero-order valence-electron chi connectivity index (χ0n) is 17.0. The minimum absolute atomic E-state index is 0.0446. The number of nitrogens with zero attached hydrogens (tertiary/aromatic N) is 1. The predicted molar refractivity (Wildman–Crippen MR) is 97.7 cm³/mol. The molecule has 1 amide bonds. The van der Waals surface area contributed by atoms with Crippen LogP contribution in [0.1, 0.15) is 34.1 Å². The van der Waals surface area contributed by atoms with E-state index in [1.807, 2.05) is 0 Å². The second-order valence-corrected chi connectivity index (χ2v) is 6.85. The number of likely N-dealkylation sites (tertiary alicyclic amines) is 1. The number of nitrogens with one attached hydrogen (secondary N) is 1. The molecule has 2 aliphatic heterocycles. The number of carbonyl (C=O) groups is 4. The number of ether oxygens (including phenoxy) is 3. The zero-order valence-corrected chi connectivity index (χ0v) is 17.0. The van der Waals surface area contributed by atoms with Crippen LogP contribution in [0, 0.1) is 11.3 Å². The fourth-order valence-corrected chi connectivity index (χ4v) is 4.09. The number of carbonyl (C=O) groups excluding carboxylic acids is 4. The van der Waals surface area contributed by atoms with Gasteiger partial charge in [0.05, 0.1) is 19.8 Å². The van der Waals surface area contributed by atoms with Crippen LogP contribution in [0.15, 0.2) is 11.8 Å². The number of hydrogen-bond acceptors (Lipinski definition) is 8. The Morgan fingerprint density at radius 3 is 2.07 bits per heavy atom. The Morgan fingerprint density at radius 1 is 1.07 bits per heavy atom. The number of esters is 3. The van der Waals surface area contributed by atoms with Crippen molar-refractivity contribution in [3.05, 3.63) is 11.8 Å². The van der Waals surface area contributed by atoms with Crippen molar-refractivity contribution in [1.29, 1.82) is 0 Å². The fourth-order valence-electron chi connectivity index (χ4n) is 4.09. The highest BCUT2D eigenvalue weighted by Crippen LogP contribution is 2.50. The zero-order chi connectivity index (χ0) is 21.1. The van der Waals surface area contributed by atoms with Crippen molar-refractivity contribution in [2.75, 3.05) is 33.4 Å². The van der Waals surface area contributed by atoms with Gasteiger partial charge in [0.15, 0.2) is 5.41 Å². The lowest BCUT2D eigenvalue weighted by Crippen LogP contribution is -2.76. The summed E-state index contributed by atoms with van der Waals surface area (Å²) in [6.45, 7) is 6.75. The van der Waals surface area contributed by atoms with Crippen LogP contribution in [-0.2, 0) is 33.4 Å². The molecule has 2 atom stereocenters. The predicted octanol–water partition coefficient (Wildman–Crippen LogP) is 0.386. The van der Waals surface area contributed by atoms with E-state index >= 15 is 0 Å². The number of rotatable bonds is 6. The average Bonchev–Trinajstić information content (AvgIpc) is 2.62. The molecular weight excluding hydrogens is 368 g/mol. The molecule has 1 saturated heterocycles. The lowest BCUT2D eigenvalue weighted by molar-refractivity contribution is -0.194. The quantitative estimate of drug-likeness (QED) is 0.390. The van der Waals surface area contributed by atoms with Gasteiger partial charge in [-0.3, -0.25) is 19.3 Å². The van der Waals surface area contributed by atoms with Crippen molar-refractivity contribution in [3.63, 3.8) is 0 Å². The van der Waals surface area contributed by atoms with Gasteiger partial charge in [-0.1, -0.05) is 6.08 Å². The third-order valence-electron chi connectivity index (χ3n) is 5.36. The number of piperidine rings is 1. The summed E-state index contributed by atoms with van der Waals surface area (Å²) in [5.74, 6) is -4.21. The van der Waals surface area contributed by atoms with E-state index in [0.29, 0.717) is 5.70 Å². The number of likely N-dealkylation sites (N-methyl/N-ethyl adjacent to an activating group) is 1. The first-order valence-corrected chi connectivity index (χ1v) is 9.46. The molecule has 0 aromatic carbocycles. The molecular formula is C19H28N2O7. The summed E-state index contributed by atoms with van der Waals surface area (Å²) in [5, 5.41) is 2.64. The van der Waals surface area contributed by atoms with E-state index in [1.54, 1.807) is 40.8 Å². The third-order valence-corrected chi connectivity index (χ3v) is 5.36. The van der Waals surface area contributed by atoms with Gasteiger partial charge in [-0.15, -0.1) is 0 Å². The van der Waals surface area contributed by atoms with Gasteiger partial charge in [-0.25, -0.2) is 4.79 Å². The van der Waals surface area contributed by atoms with Crippen molar-refractivity contribution >= 4 is 23.8 Å². The monoisotopic (exact) mass is 396 g/mol. The molecule has 0 aromatic rings. The molecule has 0 saturated carbocycles. The van der Waals surface area contributed by atoms with E-state index in [2.05, 4.69) is 5.32 Å². The second-order valence-electron chi connectivity index (χ2n) is 6.85. The molecule has 2 heterocycles. The van der Waals surface area contributed by atoms with Crippen LogP contribution in [0.4, 0.5) is 0 Å². The Morgan fingerprint density at radius 2 is 1.57 bits per heavy atom. The third kappa shape index (κ3) is 3.07. The minimum Gasteiger partial charge on any atom is -0.465 e. The topological polar surface area (TPSA) is 111 Å². The Kier molecular flexibility index (Phi) is 6.48.